The number of aliphatic carboxylic acids is 1. The molecule has 206 valence electrons. The molecule has 0 saturated carbocycles. The van der Waals surface area contributed by atoms with E-state index in [1.54, 1.807) is 49.6 Å². The number of hydrogen-bond donors (Lipinski definition) is 4. The molecule has 5 rings (SSSR count). The van der Waals surface area contributed by atoms with E-state index in [2.05, 4.69) is 30.6 Å². The summed E-state index contributed by atoms with van der Waals surface area (Å²) in [4.78, 5) is 44.3. The van der Waals surface area contributed by atoms with Crippen LogP contribution >= 0.6 is 0 Å². The number of imidazole rings is 1. The predicted octanol–water partition coefficient (Wildman–Crippen LogP) is 3.64. The molecule has 0 unspecified atom stereocenters. The number of anilines is 2. The van der Waals surface area contributed by atoms with Crippen LogP contribution in [-0.4, -0.2) is 61.7 Å². The minimum Gasteiger partial charge on any atom is -0.481 e. The van der Waals surface area contributed by atoms with Gasteiger partial charge in [-0.25, -0.2) is 19.3 Å². The molecule has 0 bridgehead atoms. The van der Waals surface area contributed by atoms with Crippen LogP contribution in [0.3, 0.4) is 0 Å². The van der Waals surface area contributed by atoms with Gasteiger partial charge in [0, 0.05) is 24.5 Å². The fourth-order valence-electron chi connectivity index (χ4n) is 3.99. The molecule has 0 radical (unpaired) electrons. The lowest BCUT2D eigenvalue weighted by molar-refractivity contribution is -0.229. The van der Waals surface area contributed by atoms with Gasteiger partial charge in [-0.15, -0.1) is 0 Å². The number of ether oxygens (including phenoxy) is 2. The van der Waals surface area contributed by atoms with E-state index in [0.717, 1.165) is 0 Å². The summed E-state index contributed by atoms with van der Waals surface area (Å²) in [6, 6.07) is 11.0. The number of hydrogen-bond acceptors (Lipinski definition) is 9. The lowest BCUT2D eigenvalue weighted by atomic mass is 9.91. The number of amides is 1. The van der Waals surface area contributed by atoms with Crippen LogP contribution in [0.2, 0.25) is 0 Å². The van der Waals surface area contributed by atoms with E-state index in [1.807, 2.05) is 0 Å². The van der Waals surface area contributed by atoms with Crippen LogP contribution in [0.5, 0.6) is 0 Å². The Bertz CT molecular complexity index is 1490. The second kappa shape index (κ2) is 11.6. The lowest BCUT2D eigenvalue weighted by Gasteiger charge is -2.35. The number of benzene rings is 1. The molecule has 3 aromatic heterocycles. The van der Waals surface area contributed by atoms with Crippen molar-refractivity contribution in [3.63, 3.8) is 0 Å². The van der Waals surface area contributed by atoms with Crippen LogP contribution < -0.4 is 10.6 Å². The van der Waals surface area contributed by atoms with Gasteiger partial charge in [0.1, 0.15) is 5.82 Å². The van der Waals surface area contributed by atoms with Crippen molar-refractivity contribution in [3.05, 3.63) is 72.7 Å². The Morgan fingerprint density at radius 1 is 1.12 bits per heavy atom. The summed E-state index contributed by atoms with van der Waals surface area (Å²) >= 11 is 0. The molecule has 1 aliphatic rings. The summed E-state index contributed by atoms with van der Waals surface area (Å²) < 4.78 is 25.5. The molecule has 1 amide bonds. The van der Waals surface area contributed by atoms with Crippen molar-refractivity contribution in [1.82, 2.24) is 24.9 Å². The van der Waals surface area contributed by atoms with Gasteiger partial charge < -0.3 is 30.2 Å². The third kappa shape index (κ3) is 6.11. The summed E-state index contributed by atoms with van der Waals surface area (Å²) in [5.41, 5.74) is 1.67. The standard InChI is InChI=1S/C27H26FN7O5/c1-27(25(38)32-18-3-2-10-29-13-18)14-39-24(40-15-27)23-34-21(16-4-6-17(28)7-5-16)22(35-23)19-8-11-30-26(33-19)31-12-9-20(36)37/h2-8,10-11,13,24H,9,12,14-15H2,1H3,(H,32,38)(H,34,35)(H,36,37)(H,30,31,33). The number of pyridine rings is 1. The number of aromatic nitrogens is 5. The molecule has 1 saturated heterocycles. The SMILES string of the molecule is CC1(C(=O)Nc2cccnc2)COC(c2nc(-c3ccc(F)cc3)c(-c3ccnc(NCCC(=O)O)n3)[nH]2)OC1. The van der Waals surface area contributed by atoms with E-state index < -0.39 is 23.5 Å². The number of rotatable bonds is 9. The molecule has 12 nitrogen and oxygen atoms in total. The van der Waals surface area contributed by atoms with Gasteiger partial charge >= 0.3 is 5.97 Å². The molecule has 0 aliphatic carbocycles. The number of nitrogens with one attached hydrogen (secondary N) is 3. The average molecular weight is 548 g/mol. The molecule has 4 heterocycles. The first-order valence-electron chi connectivity index (χ1n) is 12.4. The summed E-state index contributed by atoms with van der Waals surface area (Å²) in [6.45, 7) is 2.02. The molecule has 1 fully saturated rings. The summed E-state index contributed by atoms with van der Waals surface area (Å²) in [6.07, 6.45) is 3.70. The third-order valence-electron chi connectivity index (χ3n) is 6.17. The van der Waals surface area contributed by atoms with Crippen LogP contribution in [0, 0.1) is 11.2 Å². The second-order valence-corrected chi connectivity index (χ2v) is 9.40. The lowest BCUT2D eigenvalue weighted by Crippen LogP contribution is -2.45. The van der Waals surface area contributed by atoms with Crippen molar-refractivity contribution in [2.45, 2.75) is 19.6 Å². The molecule has 13 heteroatoms. The molecule has 0 spiro atoms. The van der Waals surface area contributed by atoms with Gasteiger partial charge in [-0.1, -0.05) is 0 Å². The van der Waals surface area contributed by atoms with E-state index in [0.29, 0.717) is 34.2 Å². The normalized spacial score (nSPS) is 18.7. The van der Waals surface area contributed by atoms with Crippen molar-refractivity contribution < 1.29 is 28.6 Å². The molecular formula is C27H26FN7O5. The fourth-order valence-corrected chi connectivity index (χ4v) is 3.99. The van der Waals surface area contributed by atoms with Crippen molar-refractivity contribution in [3.8, 4) is 22.6 Å². The van der Waals surface area contributed by atoms with Gasteiger partial charge in [0.2, 0.25) is 18.1 Å². The number of carboxylic acid groups (broad SMARTS) is 1. The zero-order valence-corrected chi connectivity index (χ0v) is 21.4. The first-order chi connectivity index (χ1) is 19.3. The second-order valence-electron chi connectivity index (χ2n) is 9.40. The van der Waals surface area contributed by atoms with Crippen LogP contribution in [-0.2, 0) is 19.1 Å². The molecule has 4 N–H and O–H groups in total. The highest BCUT2D eigenvalue weighted by atomic mass is 19.1. The molecule has 4 aromatic rings. The van der Waals surface area contributed by atoms with Crippen molar-refractivity contribution in [2.75, 3.05) is 30.4 Å². The Labute approximate surface area is 228 Å². The number of aromatic amines is 1. The van der Waals surface area contributed by atoms with Crippen LogP contribution in [0.4, 0.5) is 16.0 Å². The number of carbonyl (C=O) groups excluding carboxylic acids is 1. The van der Waals surface area contributed by atoms with Gasteiger partial charge in [-0.05, 0) is 49.4 Å². The van der Waals surface area contributed by atoms with Crippen molar-refractivity contribution in [1.29, 1.82) is 0 Å². The van der Waals surface area contributed by atoms with Crippen LogP contribution in [0.25, 0.3) is 22.6 Å². The van der Waals surface area contributed by atoms with Gasteiger partial charge in [0.15, 0.2) is 5.82 Å². The predicted molar refractivity (Wildman–Crippen MR) is 141 cm³/mol. The minimum atomic E-state index is -0.954. The molecule has 0 atom stereocenters. The van der Waals surface area contributed by atoms with Crippen LogP contribution in [0.1, 0.15) is 25.5 Å². The minimum absolute atomic E-state index is 0.0663. The number of halogens is 1. The van der Waals surface area contributed by atoms with Gasteiger partial charge in [-0.3, -0.25) is 14.6 Å². The maximum atomic E-state index is 13.7. The van der Waals surface area contributed by atoms with E-state index >= 15 is 0 Å². The Hall–Kier alpha value is -4.75. The maximum Gasteiger partial charge on any atom is 0.305 e. The van der Waals surface area contributed by atoms with E-state index in [-0.39, 0.29) is 38.0 Å². The third-order valence-corrected chi connectivity index (χ3v) is 6.17. The van der Waals surface area contributed by atoms with Gasteiger partial charge in [0.25, 0.3) is 0 Å². The Balaban J connectivity index is 1.38. The van der Waals surface area contributed by atoms with Crippen LogP contribution in [0.15, 0.2) is 61.1 Å². The summed E-state index contributed by atoms with van der Waals surface area (Å²) in [5, 5.41) is 14.6. The highest BCUT2D eigenvalue weighted by Gasteiger charge is 2.41. The largest absolute Gasteiger partial charge is 0.481 e. The average Bonchev–Trinajstić information content (AvgIpc) is 3.40. The zero-order valence-electron chi connectivity index (χ0n) is 21.4. The van der Waals surface area contributed by atoms with Crippen molar-refractivity contribution in [2.24, 2.45) is 5.41 Å². The number of H-pyrrole nitrogens is 1. The Morgan fingerprint density at radius 3 is 2.60 bits per heavy atom. The first-order valence-corrected chi connectivity index (χ1v) is 12.4. The monoisotopic (exact) mass is 547 g/mol. The number of nitrogens with zero attached hydrogens (tertiary/aromatic N) is 4. The summed E-state index contributed by atoms with van der Waals surface area (Å²) in [5.74, 6) is -1.03. The van der Waals surface area contributed by atoms with E-state index in [1.165, 1.54) is 18.3 Å². The molecular weight excluding hydrogens is 521 g/mol. The van der Waals surface area contributed by atoms with Gasteiger partial charge in [-0.2, -0.15) is 0 Å². The molecule has 40 heavy (non-hydrogen) atoms. The Kier molecular flexibility index (Phi) is 7.75. The van der Waals surface area contributed by atoms with E-state index in [4.69, 9.17) is 19.6 Å². The highest BCUT2D eigenvalue weighted by Crippen LogP contribution is 2.36. The van der Waals surface area contributed by atoms with Crippen molar-refractivity contribution >= 4 is 23.5 Å². The smallest absolute Gasteiger partial charge is 0.305 e. The highest BCUT2D eigenvalue weighted by molar-refractivity contribution is 5.95. The number of carboxylic acids is 1. The quantitative estimate of drug-likeness (QED) is 0.243. The number of carbonyl (C=O) groups is 2. The summed E-state index contributed by atoms with van der Waals surface area (Å²) in [7, 11) is 0. The molecule has 1 aliphatic heterocycles. The zero-order chi connectivity index (χ0) is 28.1. The fraction of sp³-hybridized carbons (Fsp3) is 0.259. The first kappa shape index (κ1) is 26.8. The van der Waals surface area contributed by atoms with E-state index in [9.17, 15) is 14.0 Å². The topological polar surface area (TPSA) is 164 Å². The molecule has 1 aromatic carbocycles. The maximum absolute atomic E-state index is 13.7. The Morgan fingerprint density at radius 2 is 1.90 bits per heavy atom. The van der Waals surface area contributed by atoms with Gasteiger partial charge in [0.05, 0.1) is 54.0 Å².